The second-order valence-corrected chi connectivity index (χ2v) is 5.00. The fourth-order valence-electron chi connectivity index (χ4n) is 1.44. The molecule has 6 heteroatoms. The number of carbonyl (C=O) groups is 1. The summed E-state index contributed by atoms with van der Waals surface area (Å²) in [6.07, 6.45) is 0. The molecule has 0 saturated carbocycles. The van der Waals surface area contributed by atoms with E-state index in [1.807, 2.05) is 13.8 Å². The zero-order chi connectivity index (χ0) is 15.3. The lowest BCUT2D eigenvalue weighted by atomic mass is 10.2. The van der Waals surface area contributed by atoms with Gasteiger partial charge in [0.25, 0.3) is 5.91 Å². The normalized spacial score (nSPS) is 10.8. The number of halogens is 2. The van der Waals surface area contributed by atoms with Crippen LogP contribution in [-0.4, -0.2) is 37.6 Å². The van der Waals surface area contributed by atoms with Gasteiger partial charge in [-0.15, -0.1) is 0 Å². The first-order valence-electron chi connectivity index (χ1n) is 6.35. The van der Waals surface area contributed by atoms with E-state index in [2.05, 4.69) is 5.32 Å². The number of nitrogens with one attached hydrogen (secondary N) is 1. The van der Waals surface area contributed by atoms with Crippen molar-refractivity contribution < 1.29 is 18.3 Å². The maximum Gasteiger partial charge on any atom is 0.259 e. The van der Waals surface area contributed by atoms with Crippen LogP contribution >= 0.6 is 0 Å². The molecule has 1 amide bonds. The molecule has 4 nitrogen and oxygen atoms in total. The van der Waals surface area contributed by atoms with Gasteiger partial charge >= 0.3 is 0 Å². The predicted octanol–water partition coefficient (Wildman–Crippen LogP) is 1.93. The van der Waals surface area contributed by atoms with Crippen LogP contribution in [0.1, 0.15) is 19.4 Å². The fourth-order valence-corrected chi connectivity index (χ4v) is 1.44. The molecule has 1 aromatic rings. The van der Waals surface area contributed by atoms with Gasteiger partial charge in [0.15, 0.2) is 24.0 Å². The first-order valence-corrected chi connectivity index (χ1v) is 6.35. The van der Waals surface area contributed by atoms with Crippen LogP contribution in [0.25, 0.3) is 0 Å². The van der Waals surface area contributed by atoms with E-state index in [0.717, 1.165) is 0 Å². The molecule has 0 aliphatic rings. The second kappa shape index (κ2) is 7.19. The Hall–Kier alpha value is -1.69. The Balaban J connectivity index is 2.76. The van der Waals surface area contributed by atoms with Gasteiger partial charge in [-0.2, -0.15) is 0 Å². The molecule has 1 rings (SSSR count). The number of benzene rings is 1. The van der Waals surface area contributed by atoms with Crippen LogP contribution in [0.2, 0.25) is 0 Å². The molecule has 0 radical (unpaired) electrons. The first-order chi connectivity index (χ1) is 9.31. The minimum atomic E-state index is -0.808. The van der Waals surface area contributed by atoms with Crippen molar-refractivity contribution in [2.24, 2.45) is 0 Å². The van der Waals surface area contributed by atoms with E-state index in [4.69, 9.17) is 4.74 Å². The first kappa shape index (κ1) is 16.4. The topological polar surface area (TPSA) is 41.6 Å². The summed E-state index contributed by atoms with van der Waals surface area (Å²) in [6.45, 7) is 3.85. The maximum atomic E-state index is 13.8. The highest BCUT2D eigenvalue weighted by molar-refractivity contribution is 5.77. The molecule has 20 heavy (non-hydrogen) atoms. The summed E-state index contributed by atoms with van der Waals surface area (Å²) in [6, 6.07) is 2.62. The smallest absolute Gasteiger partial charge is 0.259 e. The highest BCUT2D eigenvalue weighted by Gasteiger charge is 2.15. The standard InChI is InChI=1S/C14H20F2N2O2/c1-9(2)17-7-10-5-11(15)14(12(16)6-10)20-8-13(19)18(3)4/h5-6,9,17H,7-8H2,1-4H3. The van der Waals surface area contributed by atoms with E-state index < -0.39 is 24.0 Å². The van der Waals surface area contributed by atoms with E-state index in [9.17, 15) is 13.6 Å². The van der Waals surface area contributed by atoms with Gasteiger partial charge < -0.3 is 15.0 Å². The Labute approximate surface area is 117 Å². The van der Waals surface area contributed by atoms with Crippen LogP contribution in [0.3, 0.4) is 0 Å². The summed E-state index contributed by atoms with van der Waals surface area (Å²) < 4.78 is 32.4. The van der Waals surface area contributed by atoms with Gasteiger partial charge in [0.2, 0.25) is 0 Å². The molecule has 0 fully saturated rings. The molecule has 1 N–H and O–H groups in total. The van der Waals surface area contributed by atoms with Crippen molar-refractivity contribution in [2.75, 3.05) is 20.7 Å². The van der Waals surface area contributed by atoms with E-state index in [0.29, 0.717) is 12.1 Å². The summed E-state index contributed by atoms with van der Waals surface area (Å²) in [5.41, 5.74) is 0.486. The van der Waals surface area contributed by atoms with Gasteiger partial charge in [-0.3, -0.25) is 4.79 Å². The van der Waals surface area contributed by atoms with E-state index >= 15 is 0 Å². The summed E-state index contributed by atoms with van der Waals surface area (Å²) in [5, 5.41) is 3.07. The van der Waals surface area contributed by atoms with Crippen molar-refractivity contribution in [2.45, 2.75) is 26.4 Å². The minimum absolute atomic E-state index is 0.217. The van der Waals surface area contributed by atoms with Gasteiger partial charge in [0.05, 0.1) is 0 Å². The summed E-state index contributed by atoms with van der Waals surface area (Å²) >= 11 is 0. The van der Waals surface area contributed by atoms with Gasteiger partial charge in [-0.1, -0.05) is 13.8 Å². The van der Waals surface area contributed by atoms with E-state index in [1.165, 1.54) is 17.0 Å². The van der Waals surface area contributed by atoms with Gasteiger partial charge in [-0.25, -0.2) is 8.78 Å². The Morgan fingerprint density at radius 1 is 1.30 bits per heavy atom. The molecule has 112 valence electrons. The lowest BCUT2D eigenvalue weighted by Gasteiger charge is -2.13. The number of likely N-dealkylation sites (N-methyl/N-ethyl adjacent to an activating group) is 1. The molecule has 0 unspecified atom stereocenters. The molecule has 0 aliphatic heterocycles. The third-order valence-electron chi connectivity index (χ3n) is 2.61. The molecule has 1 aromatic carbocycles. The van der Waals surface area contributed by atoms with Crippen molar-refractivity contribution >= 4 is 5.91 Å². The van der Waals surface area contributed by atoms with Crippen molar-refractivity contribution in [1.29, 1.82) is 0 Å². The van der Waals surface area contributed by atoms with Crippen LogP contribution in [0.4, 0.5) is 8.78 Å². The third-order valence-corrected chi connectivity index (χ3v) is 2.61. The lowest BCUT2D eigenvalue weighted by Crippen LogP contribution is -2.28. The zero-order valence-corrected chi connectivity index (χ0v) is 12.2. The number of ether oxygens (including phenoxy) is 1. The number of rotatable bonds is 6. The van der Waals surface area contributed by atoms with Crippen molar-refractivity contribution in [3.8, 4) is 5.75 Å². The monoisotopic (exact) mass is 286 g/mol. The summed E-state index contributed by atoms with van der Waals surface area (Å²) in [4.78, 5) is 12.6. The SMILES string of the molecule is CC(C)NCc1cc(F)c(OCC(=O)N(C)C)c(F)c1. The number of hydrogen-bond acceptors (Lipinski definition) is 3. The molecule has 0 bridgehead atoms. The lowest BCUT2D eigenvalue weighted by molar-refractivity contribution is -0.130. The summed E-state index contributed by atoms with van der Waals surface area (Å²) in [5.74, 6) is -2.50. The van der Waals surface area contributed by atoms with Gasteiger partial charge in [0, 0.05) is 26.7 Å². The van der Waals surface area contributed by atoms with Crippen molar-refractivity contribution in [3.05, 3.63) is 29.3 Å². The predicted molar refractivity (Wildman–Crippen MR) is 72.5 cm³/mol. The number of hydrogen-bond donors (Lipinski definition) is 1. The quantitative estimate of drug-likeness (QED) is 0.869. The highest BCUT2D eigenvalue weighted by Crippen LogP contribution is 2.23. The Bertz CT molecular complexity index is 453. The number of carbonyl (C=O) groups excluding carboxylic acids is 1. The van der Waals surface area contributed by atoms with Crippen molar-refractivity contribution in [3.63, 3.8) is 0 Å². The molecule has 0 aromatic heterocycles. The fraction of sp³-hybridized carbons (Fsp3) is 0.500. The van der Waals surface area contributed by atoms with Crippen LogP contribution in [-0.2, 0) is 11.3 Å². The van der Waals surface area contributed by atoms with E-state index in [1.54, 1.807) is 14.1 Å². The molecular weight excluding hydrogens is 266 g/mol. The van der Waals surface area contributed by atoms with Crippen LogP contribution < -0.4 is 10.1 Å². The van der Waals surface area contributed by atoms with Crippen LogP contribution in [0.15, 0.2) is 12.1 Å². The molecule has 0 atom stereocenters. The molecule has 0 spiro atoms. The van der Waals surface area contributed by atoms with Crippen molar-refractivity contribution in [1.82, 2.24) is 10.2 Å². The molecule has 0 heterocycles. The zero-order valence-electron chi connectivity index (χ0n) is 12.2. The Kier molecular flexibility index (Phi) is 5.88. The Morgan fingerprint density at radius 2 is 1.85 bits per heavy atom. The Morgan fingerprint density at radius 3 is 2.30 bits per heavy atom. The minimum Gasteiger partial charge on any atom is -0.478 e. The van der Waals surface area contributed by atoms with Crippen LogP contribution in [0, 0.1) is 11.6 Å². The highest BCUT2D eigenvalue weighted by atomic mass is 19.1. The average molecular weight is 286 g/mol. The summed E-state index contributed by atoms with van der Waals surface area (Å²) in [7, 11) is 3.08. The van der Waals surface area contributed by atoms with Gasteiger partial charge in [-0.05, 0) is 17.7 Å². The number of amides is 1. The van der Waals surface area contributed by atoms with Gasteiger partial charge in [0.1, 0.15) is 0 Å². The van der Waals surface area contributed by atoms with Crippen LogP contribution in [0.5, 0.6) is 5.75 Å². The third kappa shape index (κ3) is 4.77. The van der Waals surface area contributed by atoms with E-state index in [-0.39, 0.29) is 11.9 Å². The maximum absolute atomic E-state index is 13.8. The second-order valence-electron chi connectivity index (χ2n) is 5.00. The largest absolute Gasteiger partial charge is 0.478 e. The molecule has 0 saturated heterocycles. The molecular formula is C14H20F2N2O2. The average Bonchev–Trinajstić information content (AvgIpc) is 2.34. The molecule has 0 aliphatic carbocycles. The number of nitrogens with zero attached hydrogens (tertiary/aromatic N) is 1.